The van der Waals surface area contributed by atoms with Crippen LogP contribution in [0.5, 0.6) is 0 Å². The smallest absolute Gasteiger partial charge is 0.253 e. The van der Waals surface area contributed by atoms with Gasteiger partial charge in [0.25, 0.3) is 5.91 Å². The highest BCUT2D eigenvalue weighted by atomic mass is 32.2. The van der Waals surface area contributed by atoms with Crippen LogP contribution in [-0.4, -0.2) is 55.6 Å². The maximum absolute atomic E-state index is 13.0. The molecule has 0 saturated carbocycles. The van der Waals surface area contributed by atoms with Gasteiger partial charge in [0.15, 0.2) is 0 Å². The average molecular weight is 394 g/mol. The van der Waals surface area contributed by atoms with Crippen LogP contribution >= 0.6 is 0 Å². The fourth-order valence-corrected chi connectivity index (χ4v) is 5.57. The zero-order valence-electron chi connectivity index (χ0n) is 15.7. The number of piperidine rings is 2. The maximum atomic E-state index is 13.0. The number of hydrogen-bond donors (Lipinski definition) is 1. The number of nitrogens with zero attached hydrogens (tertiary/aromatic N) is 2. The van der Waals surface area contributed by atoms with Crippen molar-refractivity contribution in [2.24, 2.45) is 11.7 Å². The Morgan fingerprint density at radius 2 is 1.67 bits per heavy atom. The summed E-state index contributed by atoms with van der Waals surface area (Å²) in [5.41, 5.74) is 6.35. The van der Waals surface area contributed by atoms with E-state index in [2.05, 4.69) is 0 Å². The van der Waals surface area contributed by atoms with Crippen LogP contribution in [0.3, 0.4) is 0 Å². The number of amides is 2. The minimum absolute atomic E-state index is 0.192. The van der Waals surface area contributed by atoms with Crippen molar-refractivity contribution in [3.8, 4) is 0 Å². The molecule has 0 bridgehead atoms. The number of carbonyl (C=O) groups is 2. The number of rotatable bonds is 4. The van der Waals surface area contributed by atoms with Gasteiger partial charge >= 0.3 is 0 Å². The molecular formula is C19H27N3O4S. The summed E-state index contributed by atoms with van der Waals surface area (Å²) in [4.78, 5) is 26.0. The van der Waals surface area contributed by atoms with Gasteiger partial charge in [-0.15, -0.1) is 0 Å². The van der Waals surface area contributed by atoms with E-state index in [-0.39, 0.29) is 22.6 Å². The van der Waals surface area contributed by atoms with E-state index < -0.39 is 10.0 Å². The molecule has 2 N–H and O–H groups in total. The summed E-state index contributed by atoms with van der Waals surface area (Å²) >= 11 is 0. The number of sulfonamides is 1. The molecule has 27 heavy (non-hydrogen) atoms. The molecule has 8 heteroatoms. The van der Waals surface area contributed by atoms with Gasteiger partial charge < -0.3 is 10.6 Å². The topological polar surface area (TPSA) is 101 Å². The van der Waals surface area contributed by atoms with E-state index >= 15 is 0 Å². The van der Waals surface area contributed by atoms with Gasteiger partial charge in [0.05, 0.1) is 4.90 Å². The normalized spacial score (nSPS) is 19.8. The molecule has 2 saturated heterocycles. The minimum atomic E-state index is -3.60. The summed E-state index contributed by atoms with van der Waals surface area (Å²) in [7, 11) is -3.60. The van der Waals surface area contributed by atoms with Crippen molar-refractivity contribution < 1.29 is 18.0 Å². The molecule has 3 rings (SSSR count). The Morgan fingerprint density at radius 3 is 2.26 bits per heavy atom. The lowest BCUT2D eigenvalue weighted by atomic mass is 9.96. The second-order valence-electron chi connectivity index (χ2n) is 7.41. The van der Waals surface area contributed by atoms with Crippen molar-refractivity contribution >= 4 is 21.8 Å². The van der Waals surface area contributed by atoms with E-state index in [1.54, 1.807) is 24.0 Å². The monoisotopic (exact) mass is 393 g/mol. The molecule has 1 aromatic carbocycles. The second kappa shape index (κ2) is 7.98. The van der Waals surface area contributed by atoms with Crippen molar-refractivity contribution in [1.29, 1.82) is 0 Å². The summed E-state index contributed by atoms with van der Waals surface area (Å²) in [6.07, 6.45) is 3.87. The number of aryl methyl sites for hydroxylation is 1. The Morgan fingerprint density at radius 1 is 1.04 bits per heavy atom. The van der Waals surface area contributed by atoms with Crippen LogP contribution in [0.15, 0.2) is 23.1 Å². The first-order valence-corrected chi connectivity index (χ1v) is 10.9. The van der Waals surface area contributed by atoms with Crippen LogP contribution in [0.4, 0.5) is 0 Å². The molecular weight excluding hydrogens is 366 g/mol. The summed E-state index contributed by atoms with van der Waals surface area (Å²) in [6.45, 7) is 3.72. The van der Waals surface area contributed by atoms with Gasteiger partial charge in [-0.05, 0) is 50.3 Å². The molecule has 2 aliphatic heterocycles. The molecule has 7 nitrogen and oxygen atoms in total. The van der Waals surface area contributed by atoms with Crippen molar-refractivity contribution in [1.82, 2.24) is 9.21 Å². The van der Waals surface area contributed by atoms with Gasteiger partial charge in [0.1, 0.15) is 0 Å². The number of carbonyl (C=O) groups excluding carboxylic acids is 2. The van der Waals surface area contributed by atoms with Crippen LogP contribution in [0, 0.1) is 12.8 Å². The van der Waals surface area contributed by atoms with E-state index in [9.17, 15) is 18.0 Å². The van der Waals surface area contributed by atoms with Crippen molar-refractivity contribution in [2.45, 2.75) is 43.9 Å². The van der Waals surface area contributed by atoms with Crippen LogP contribution in [0.2, 0.25) is 0 Å². The number of likely N-dealkylation sites (tertiary alicyclic amines) is 1. The van der Waals surface area contributed by atoms with Crippen molar-refractivity contribution in [2.75, 3.05) is 26.2 Å². The predicted octanol–water partition coefficient (Wildman–Crippen LogP) is 1.51. The molecule has 2 amide bonds. The van der Waals surface area contributed by atoms with Gasteiger partial charge in [-0.25, -0.2) is 8.42 Å². The Bertz CT molecular complexity index is 823. The quantitative estimate of drug-likeness (QED) is 0.838. The van der Waals surface area contributed by atoms with E-state index in [0.717, 1.165) is 19.3 Å². The molecule has 2 heterocycles. The molecule has 1 aromatic rings. The zero-order chi connectivity index (χ0) is 19.6. The molecule has 0 aromatic heterocycles. The largest absolute Gasteiger partial charge is 0.369 e. The first kappa shape index (κ1) is 19.8. The summed E-state index contributed by atoms with van der Waals surface area (Å²) in [5, 5.41) is 0. The Balaban J connectivity index is 1.81. The minimum Gasteiger partial charge on any atom is -0.369 e. The fraction of sp³-hybridized carbons (Fsp3) is 0.579. The highest BCUT2D eigenvalue weighted by molar-refractivity contribution is 7.89. The number of nitrogens with two attached hydrogens (primary N) is 1. The molecule has 148 valence electrons. The molecule has 2 aliphatic rings. The lowest BCUT2D eigenvalue weighted by Gasteiger charge is -2.31. The van der Waals surface area contributed by atoms with Crippen LogP contribution in [0.1, 0.15) is 48.0 Å². The number of hydrogen-bond acceptors (Lipinski definition) is 4. The van der Waals surface area contributed by atoms with E-state index in [0.29, 0.717) is 50.1 Å². The highest BCUT2D eigenvalue weighted by Crippen LogP contribution is 2.26. The van der Waals surface area contributed by atoms with Crippen LogP contribution in [0.25, 0.3) is 0 Å². The zero-order valence-corrected chi connectivity index (χ0v) is 16.5. The third-order valence-electron chi connectivity index (χ3n) is 5.55. The number of primary amides is 1. The van der Waals surface area contributed by atoms with E-state index in [1.807, 2.05) is 0 Å². The van der Waals surface area contributed by atoms with Gasteiger partial charge in [-0.1, -0.05) is 12.5 Å². The summed E-state index contributed by atoms with van der Waals surface area (Å²) in [6, 6.07) is 4.87. The first-order chi connectivity index (χ1) is 12.8. The van der Waals surface area contributed by atoms with Gasteiger partial charge in [0, 0.05) is 37.7 Å². The van der Waals surface area contributed by atoms with Gasteiger partial charge in [-0.2, -0.15) is 4.31 Å². The first-order valence-electron chi connectivity index (χ1n) is 9.50. The third kappa shape index (κ3) is 4.16. The Labute approximate surface area is 160 Å². The molecule has 0 radical (unpaired) electrons. The third-order valence-corrected chi connectivity index (χ3v) is 7.59. The Kier molecular flexibility index (Phi) is 5.86. The SMILES string of the molecule is Cc1ccc(C(=O)N2CCC(C(N)=O)CC2)cc1S(=O)(=O)N1CCCCC1. The average Bonchev–Trinajstić information content (AvgIpc) is 2.68. The lowest BCUT2D eigenvalue weighted by Crippen LogP contribution is -2.41. The fourth-order valence-electron chi connectivity index (χ4n) is 3.81. The highest BCUT2D eigenvalue weighted by Gasteiger charge is 2.30. The standard InChI is InChI=1S/C19H27N3O4S/c1-14-5-6-16(19(24)21-11-7-15(8-12-21)18(20)23)13-17(14)27(25,26)22-9-3-2-4-10-22/h5-6,13,15H,2-4,7-12H2,1H3,(H2,20,23). The summed E-state index contributed by atoms with van der Waals surface area (Å²) < 4.78 is 27.6. The lowest BCUT2D eigenvalue weighted by molar-refractivity contribution is -0.123. The Hall–Kier alpha value is -1.93. The number of benzene rings is 1. The predicted molar refractivity (Wildman–Crippen MR) is 102 cm³/mol. The van der Waals surface area contributed by atoms with Crippen LogP contribution < -0.4 is 5.73 Å². The van der Waals surface area contributed by atoms with Crippen molar-refractivity contribution in [3.63, 3.8) is 0 Å². The second-order valence-corrected chi connectivity index (χ2v) is 9.32. The van der Waals surface area contributed by atoms with Crippen LogP contribution in [-0.2, 0) is 14.8 Å². The molecule has 0 unspecified atom stereocenters. The molecule has 0 atom stereocenters. The van der Waals surface area contributed by atoms with Gasteiger partial charge in [-0.3, -0.25) is 9.59 Å². The molecule has 0 aliphatic carbocycles. The molecule has 2 fully saturated rings. The maximum Gasteiger partial charge on any atom is 0.253 e. The van der Waals surface area contributed by atoms with E-state index in [1.165, 1.54) is 10.4 Å². The van der Waals surface area contributed by atoms with Gasteiger partial charge in [0.2, 0.25) is 15.9 Å². The summed E-state index contributed by atoms with van der Waals surface area (Å²) in [5.74, 6) is -0.720. The molecule has 0 spiro atoms. The van der Waals surface area contributed by atoms with Crippen molar-refractivity contribution in [3.05, 3.63) is 29.3 Å². The van der Waals surface area contributed by atoms with E-state index in [4.69, 9.17) is 5.73 Å².